The number of ether oxygens (including phenoxy) is 1. The summed E-state index contributed by atoms with van der Waals surface area (Å²) in [7, 11) is 0. The standard InChI is InChI=1S/C10H13NO4/c1-4-15-10(14)7(3)11-8(12)5-6(2)9(11)13/h5,7H,4H2,1-3H3. The predicted molar refractivity (Wildman–Crippen MR) is 51.7 cm³/mol. The van der Waals surface area contributed by atoms with Gasteiger partial charge in [0.15, 0.2) is 0 Å². The Balaban J connectivity index is 2.78. The van der Waals surface area contributed by atoms with Crippen molar-refractivity contribution in [3.63, 3.8) is 0 Å². The number of imide groups is 1. The van der Waals surface area contributed by atoms with Gasteiger partial charge in [0.05, 0.1) is 6.61 Å². The van der Waals surface area contributed by atoms with E-state index in [2.05, 4.69) is 0 Å². The van der Waals surface area contributed by atoms with Gasteiger partial charge in [0, 0.05) is 11.6 Å². The van der Waals surface area contributed by atoms with Gasteiger partial charge in [-0.15, -0.1) is 0 Å². The van der Waals surface area contributed by atoms with Crippen LogP contribution in [0.15, 0.2) is 11.6 Å². The highest BCUT2D eigenvalue weighted by molar-refractivity contribution is 6.17. The molecule has 1 aliphatic rings. The molecule has 0 saturated carbocycles. The van der Waals surface area contributed by atoms with Crippen LogP contribution in [0.2, 0.25) is 0 Å². The first kappa shape index (κ1) is 11.4. The zero-order valence-electron chi connectivity index (χ0n) is 8.94. The lowest BCUT2D eigenvalue weighted by molar-refractivity contribution is -0.156. The fraction of sp³-hybridized carbons (Fsp3) is 0.500. The summed E-state index contributed by atoms with van der Waals surface area (Å²) in [6.07, 6.45) is 1.22. The lowest BCUT2D eigenvalue weighted by Crippen LogP contribution is -2.44. The zero-order valence-corrected chi connectivity index (χ0v) is 8.94. The maximum Gasteiger partial charge on any atom is 0.329 e. The van der Waals surface area contributed by atoms with E-state index in [9.17, 15) is 14.4 Å². The molecule has 1 unspecified atom stereocenters. The van der Waals surface area contributed by atoms with Gasteiger partial charge in [0.2, 0.25) is 0 Å². The molecule has 15 heavy (non-hydrogen) atoms. The Hall–Kier alpha value is -1.65. The van der Waals surface area contributed by atoms with E-state index in [1.807, 2.05) is 0 Å². The fourth-order valence-corrected chi connectivity index (χ4v) is 1.34. The number of rotatable bonds is 3. The molecular weight excluding hydrogens is 198 g/mol. The van der Waals surface area contributed by atoms with Crippen LogP contribution in [-0.4, -0.2) is 35.3 Å². The third-order valence-corrected chi connectivity index (χ3v) is 2.15. The van der Waals surface area contributed by atoms with E-state index in [4.69, 9.17) is 4.74 Å². The van der Waals surface area contributed by atoms with Gasteiger partial charge in [-0.05, 0) is 20.8 Å². The van der Waals surface area contributed by atoms with Crippen LogP contribution < -0.4 is 0 Å². The minimum atomic E-state index is -0.862. The number of hydrogen-bond donors (Lipinski definition) is 0. The normalized spacial score (nSPS) is 17.8. The van der Waals surface area contributed by atoms with Crippen molar-refractivity contribution >= 4 is 17.8 Å². The second-order valence-electron chi connectivity index (χ2n) is 3.27. The molecule has 0 fully saturated rings. The van der Waals surface area contributed by atoms with Gasteiger partial charge < -0.3 is 4.74 Å². The van der Waals surface area contributed by atoms with Crippen LogP contribution in [0.1, 0.15) is 20.8 Å². The van der Waals surface area contributed by atoms with Crippen molar-refractivity contribution in [2.45, 2.75) is 26.8 Å². The Bertz CT molecular complexity index is 345. The van der Waals surface area contributed by atoms with Crippen molar-refractivity contribution in [3.8, 4) is 0 Å². The molecule has 5 heteroatoms. The smallest absolute Gasteiger partial charge is 0.329 e. The summed E-state index contributed by atoms with van der Waals surface area (Å²) in [5.41, 5.74) is 0.344. The summed E-state index contributed by atoms with van der Waals surface area (Å²) in [6.45, 7) is 4.91. The van der Waals surface area contributed by atoms with Crippen LogP contribution in [0.4, 0.5) is 0 Å². The number of carbonyl (C=O) groups excluding carboxylic acids is 3. The van der Waals surface area contributed by atoms with Gasteiger partial charge in [0.25, 0.3) is 11.8 Å². The highest BCUT2D eigenvalue weighted by atomic mass is 16.5. The molecule has 1 heterocycles. The molecule has 0 bridgehead atoms. The number of amides is 2. The minimum Gasteiger partial charge on any atom is -0.464 e. The molecule has 0 aromatic rings. The molecule has 82 valence electrons. The third-order valence-electron chi connectivity index (χ3n) is 2.15. The van der Waals surface area contributed by atoms with E-state index in [1.165, 1.54) is 19.9 Å². The molecule has 2 amide bonds. The molecule has 0 aromatic heterocycles. The van der Waals surface area contributed by atoms with Crippen molar-refractivity contribution in [3.05, 3.63) is 11.6 Å². The van der Waals surface area contributed by atoms with Gasteiger partial charge in [-0.2, -0.15) is 0 Å². The predicted octanol–water partition coefficient (Wildman–Crippen LogP) is 0.253. The first-order valence-corrected chi connectivity index (χ1v) is 4.71. The Kier molecular flexibility index (Phi) is 3.24. The molecule has 0 saturated heterocycles. The van der Waals surface area contributed by atoms with Crippen molar-refractivity contribution in [1.29, 1.82) is 0 Å². The maximum atomic E-state index is 11.5. The van der Waals surface area contributed by atoms with Crippen molar-refractivity contribution < 1.29 is 19.1 Å². The van der Waals surface area contributed by atoms with Crippen LogP contribution in [0.3, 0.4) is 0 Å². The van der Waals surface area contributed by atoms with Crippen molar-refractivity contribution in [1.82, 2.24) is 4.90 Å². The molecule has 1 rings (SSSR count). The molecular formula is C10H13NO4. The Morgan fingerprint density at radius 3 is 2.53 bits per heavy atom. The summed E-state index contributed by atoms with van der Waals surface area (Å²) < 4.78 is 4.74. The van der Waals surface area contributed by atoms with Gasteiger partial charge in [-0.1, -0.05) is 0 Å². The van der Waals surface area contributed by atoms with E-state index in [1.54, 1.807) is 6.92 Å². The first-order valence-electron chi connectivity index (χ1n) is 4.71. The minimum absolute atomic E-state index is 0.228. The van der Waals surface area contributed by atoms with Crippen molar-refractivity contribution in [2.24, 2.45) is 0 Å². The van der Waals surface area contributed by atoms with Gasteiger partial charge in [-0.3, -0.25) is 14.5 Å². The van der Waals surface area contributed by atoms with E-state index in [-0.39, 0.29) is 6.61 Å². The Morgan fingerprint density at radius 1 is 1.53 bits per heavy atom. The van der Waals surface area contributed by atoms with E-state index < -0.39 is 23.8 Å². The topological polar surface area (TPSA) is 63.7 Å². The second-order valence-corrected chi connectivity index (χ2v) is 3.27. The van der Waals surface area contributed by atoms with Crippen LogP contribution in [0, 0.1) is 0 Å². The van der Waals surface area contributed by atoms with Crippen LogP contribution in [0.25, 0.3) is 0 Å². The van der Waals surface area contributed by atoms with Gasteiger partial charge in [0.1, 0.15) is 6.04 Å². The number of hydrogen-bond acceptors (Lipinski definition) is 4. The molecule has 1 aliphatic heterocycles. The molecule has 1 atom stereocenters. The SMILES string of the molecule is CCOC(=O)C(C)N1C(=O)C=C(C)C1=O. The monoisotopic (exact) mass is 211 g/mol. The number of esters is 1. The summed E-state index contributed by atoms with van der Waals surface area (Å²) in [6, 6.07) is -0.862. The Labute approximate surface area is 87.7 Å². The lowest BCUT2D eigenvalue weighted by atomic mass is 10.2. The van der Waals surface area contributed by atoms with Crippen LogP contribution in [0.5, 0.6) is 0 Å². The Morgan fingerprint density at radius 2 is 2.13 bits per heavy atom. The summed E-state index contributed by atoms with van der Waals surface area (Å²) >= 11 is 0. The molecule has 0 radical (unpaired) electrons. The average molecular weight is 211 g/mol. The fourth-order valence-electron chi connectivity index (χ4n) is 1.34. The maximum absolute atomic E-state index is 11.5. The van der Waals surface area contributed by atoms with Crippen LogP contribution in [-0.2, 0) is 19.1 Å². The summed E-state index contributed by atoms with van der Waals surface area (Å²) in [4.78, 5) is 35.1. The van der Waals surface area contributed by atoms with Crippen molar-refractivity contribution in [2.75, 3.05) is 6.61 Å². The third kappa shape index (κ3) is 2.06. The van der Waals surface area contributed by atoms with E-state index in [0.717, 1.165) is 4.90 Å². The van der Waals surface area contributed by atoms with Gasteiger partial charge >= 0.3 is 5.97 Å². The molecule has 0 N–H and O–H groups in total. The number of carbonyl (C=O) groups is 3. The molecule has 0 aliphatic carbocycles. The van der Waals surface area contributed by atoms with Crippen LogP contribution >= 0.6 is 0 Å². The lowest BCUT2D eigenvalue weighted by Gasteiger charge is -2.20. The summed E-state index contributed by atoms with van der Waals surface area (Å²) in [5, 5.41) is 0. The molecule has 0 aromatic carbocycles. The average Bonchev–Trinajstić information content (AvgIpc) is 2.41. The van der Waals surface area contributed by atoms with Gasteiger partial charge in [-0.25, -0.2) is 4.79 Å². The van der Waals surface area contributed by atoms with E-state index in [0.29, 0.717) is 5.57 Å². The quantitative estimate of drug-likeness (QED) is 0.496. The first-order chi connectivity index (χ1) is 6.99. The molecule has 5 nitrogen and oxygen atoms in total. The zero-order chi connectivity index (χ0) is 11.6. The summed E-state index contributed by atoms with van der Waals surface area (Å²) in [5.74, 6) is -1.46. The highest BCUT2D eigenvalue weighted by Crippen LogP contribution is 2.15. The molecule has 0 spiro atoms. The highest BCUT2D eigenvalue weighted by Gasteiger charge is 2.36. The van der Waals surface area contributed by atoms with E-state index >= 15 is 0 Å². The second kappa shape index (κ2) is 4.25. The number of nitrogens with zero attached hydrogens (tertiary/aromatic N) is 1. The largest absolute Gasteiger partial charge is 0.464 e.